The molecule has 1 saturated heterocycles. The fraction of sp³-hybridized carbons (Fsp3) is 0.214. The molecule has 12 heteroatoms. The molecular formula is C28H23F4N5O3. The highest BCUT2D eigenvalue weighted by atomic mass is 19.1. The highest BCUT2D eigenvalue weighted by Crippen LogP contribution is 2.30. The predicted molar refractivity (Wildman–Crippen MR) is 135 cm³/mol. The molecule has 0 saturated carbocycles. The van der Waals surface area contributed by atoms with E-state index in [0.717, 1.165) is 0 Å². The predicted octanol–water partition coefficient (Wildman–Crippen LogP) is 4.73. The number of hydrogen-bond acceptors (Lipinski definition) is 5. The van der Waals surface area contributed by atoms with Gasteiger partial charge in [0.25, 0.3) is 0 Å². The summed E-state index contributed by atoms with van der Waals surface area (Å²) < 4.78 is 60.8. The van der Waals surface area contributed by atoms with Crippen molar-refractivity contribution in [1.29, 1.82) is 0 Å². The summed E-state index contributed by atoms with van der Waals surface area (Å²) in [6, 6.07) is 12.2. The van der Waals surface area contributed by atoms with Crippen LogP contribution in [0, 0.1) is 29.2 Å². The minimum absolute atomic E-state index is 0.0545. The molecule has 1 N–H and O–H groups in total. The first-order valence-corrected chi connectivity index (χ1v) is 12.4. The van der Waals surface area contributed by atoms with Crippen LogP contribution in [0.4, 0.5) is 23.2 Å². The lowest BCUT2D eigenvalue weighted by Crippen LogP contribution is -2.44. The van der Waals surface area contributed by atoms with Crippen LogP contribution in [0.2, 0.25) is 0 Å². The number of rotatable bonds is 8. The Hall–Kier alpha value is -4.74. The van der Waals surface area contributed by atoms with Crippen LogP contribution in [0.5, 0.6) is 11.5 Å². The third-order valence-electron chi connectivity index (χ3n) is 6.52. The van der Waals surface area contributed by atoms with Gasteiger partial charge < -0.3 is 15.0 Å². The van der Waals surface area contributed by atoms with Gasteiger partial charge in [-0.2, -0.15) is 15.0 Å². The molecule has 2 amide bonds. The smallest absolute Gasteiger partial charge is 0.247 e. The van der Waals surface area contributed by atoms with Crippen LogP contribution in [0.1, 0.15) is 12.0 Å². The molecule has 2 atom stereocenters. The van der Waals surface area contributed by atoms with E-state index in [1.165, 1.54) is 46.4 Å². The van der Waals surface area contributed by atoms with E-state index in [4.69, 9.17) is 4.74 Å². The average molecular weight is 554 g/mol. The summed E-state index contributed by atoms with van der Waals surface area (Å²) in [6.07, 6.45) is 2.83. The van der Waals surface area contributed by atoms with E-state index in [-0.39, 0.29) is 37.3 Å². The van der Waals surface area contributed by atoms with E-state index in [2.05, 4.69) is 15.5 Å². The van der Waals surface area contributed by atoms with Gasteiger partial charge in [0.15, 0.2) is 0 Å². The first kappa shape index (κ1) is 26.9. The van der Waals surface area contributed by atoms with Gasteiger partial charge >= 0.3 is 0 Å². The van der Waals surface area contributed by atoms with Crippen LogP contribution in [0.15, 0.2) is 73.1 Å². The number of ether oxygens (including phenoxy) is 1. The molecular weight excluding hydrogens is 530 g/mol. The maximum atomic E-state index is 14.3. The normalized spacial score (nSPS) is 16.6. The number of carbonyl (C=O) groups is 2. The van der Waals surface area contributed by atoms with Crippen molar-refractivity contribution in [2.24, 2.45) is 5.92 Å². The Morgan fingerprint density at radius 3 is 2.10 bits per heavy atom. The number of anilines is 1. The number of likely N-dealkylation sites (tertiary alicyclic amines) is 1. The summed E-state index contributed by atoms with van der Waals surface area (Å²) in [6.45, 7) is -0.170. The van der Waals surface area contributed by atoms with Crippen molar-refractivity contribution in [1.82, 2.24) is 19.9 Å². The molecule has 4 aromatic rings. The van der Waals surface area contributed by atoms with E-state index >= 15 is 0 Å². The lowest BCUT2D eigenvalue weighted by Gasteiger charge is -2.24. The van der Waals surface area contributed by atoms with Gasteiger partial charge in [-0.15, -0.1) is 0 Å². The average Bonchev–Trinajstić information content (AvgIpc) is 3.59. The number of hydrogen-bond donors (Lipinski definition) is 1. The summed E-state index contributed by atoms with van der Waals surface area (Å²) in [7, 11) is 0. The SMILES string of the molecule is O=C(Nc1ccc(Oc2ccc(F)cc2)cc1)[C@@H]1C[C@@H](Cc2c(F)cc(F)cc2F)CN1C(=O)Cn1nccn1. The summed E-state index contributed by atoms with van der Waals surface area (Å²) >= 11 is 0. The minimum atomic E-state index is -1.03. The van der Waals surface area contributed by atoms with Gasteiger partial charge in [0.1, 0.15) is 47.4 Å². The van der Waals surface area contributed by atoms with E-state index in [9.17, 15) is 27.2 Å². The summed E-state index contributed by atoms with van der Waals surface area (Å²) in [4.78, 5) is 28.9. The van der Waals surface area contributed by atoms with E-state index in [0.29, 0.717) is 29.3 Å². The second-order valence-electron chi connectivity index (χ2n) is 9.34. The van der Waals surface area contributed by atoms with Gasteiger partial charge in [0.05, 0.1) is 12.4 Å². The number of carbonyl (C=O) groups excluding carboxylic acids is 2. The molecule has 8 nitrogen and oxygen atoms in total. The summed E-state index contributed by atoms with van der Waals surface area (Å²) in [5.41, 5.74) is 0.127. The van der Waals surface area contributed by atoms with Crippen molar-refractivity contribution in [3.8, 4) is 11.5 Å². The topological polar surface area (TPSA) is 89.4 Å². The molecule has 0 aliphatic carbocycles. The van der Waals surface area contributed by atoms with Gasteiger partial charge in [0, 0.05) is 29.9 Å². The van der Waals surface area contributed by atoms with Crippen LogP contribution < -0.4 is 10.1 Å². The molecule has 5 rings (SSSR count). The molecule has 0 radical (unpaired) electrons. The van der Waals surface area contributed by atoms with E-state index < -0.39 is 41.2 Å². The van der Waals surface area contributed by atoms with Gasteiger partial charge in [0.2, 0.25) is 11.8 Å². The van der Waals surface area contributed by atoms with Crippen molar-refractivity contribution in [3.63, 3.8) is 0 Å². The number of aromatic nitrogens is 3. The van der Waals surface area contributed by atoms with Crippen LogP contribution in [0.25, 0.3) is 0 Å². The highest BCUT2D eigenvalue weighted by molar-refractivity contribution is 5.97. The molecule has 0 bridgehead atoms. The quantitative estimate of drug-likeness (QED) is 0.319. The summed E-state index contributed by atoms with van der Waals surface area (Å²) in [5, 5.41) is 10.6. The Morgan fingerprint density at radius 1 is 0.875 bits per heavy atom. The van der Waals surface area contributed by atoms with Gasteiger partial charge in [-0.25, -0.2) is 17.6 Å². The lowest BCUT2D eigenvalue weighted by atomic mass is 9.95. The molecule has 40 heavy (non-hydrogen) atoms. The number of benzene rings is 3. The van der Waals surface area contributed by atoms with Crippen molar-refractivity contribution in [2.75, 3.05) is 11.9 Å². The van der Waals surface area contributed by atoms with Crippen LogP contribution >= 0.6 is 0 Å². The maximum absolute atomic E-state index is 14.3. The van der Waals surface area contributed by atoms with Gasteiger partial charge in [-0.3, -0.25) is 9.59 Å². The van der Waals surface area contributed by atoms with Crippen molar-refractivity contribution < 1.29 is 31.9 Å². The molecule has 1 aliphatic rings. The molecule has 0 unspecified atom stereocenters. The zero-order valence-corrected chi connectivity index (χ0v) is 20.9. The van der Waals surface area contributed by atoms with Crippen molar-refractivity contribution in [2.45, 2.75) is 25.4 Å². The second-order valence-corrected chi connectivity index (χ2v) is 9.34. The Bertz CT molecular complexity index is 1470. The van der Waals surface area contributed by atoms with Crippen molar-refractivity contribution >= 4 is 17.5 Å². The fourth-order valence-corrected chi connectivity index (χ4v) is 4.66. The first-order valence-electron chi connectivity index (χ1n) is 12.4. The fourth-order valence-electron chi connectivity index (χ4n) is 4.66. The van der Waals surface area contributed by atoms with Crippen LogP contribution in [-0.2, 0) is 22.6 Å². The maximum Gasteiger partial charge on any atom is 0.247 e. The molecule has 0 spiro atoms. The van der Waals surface area contributed by atoms with Gasteiger partial charge in [-0.05, 0) is 67.3 Å². The third-order valence-corrected chi connectivity index (χ3v) is 6.52. The number of nitrogens with zero attached hydrogens (tertiary/aromatic N) is 4. The number of amides is 2. The minimum Gasteiger partial charge on any atom is -0.457 e. The van der Waals surface area contributed by atoms with Crippen LogP contribution in [0.3, 0.4) is 0 Å². The third kappa shape index (κ3) is 6.28. The first-order chi connectivity index (χ1) is 19.2. The Labute approximate surface area is 226 Å². The van der Waals surface area contributed by atoms with Gasteiger partial charge in [-0.1, -0.05) is 0 Å². The monoisotopic (exact) mass is 553 g/mol. The zero-order chi connectivity index (χ0) is 28.2. The highest BCUT2D eigenvalue weighted by Gasteiger charge is 2.40. The molecule has 1 aliphatic heterocycles. The standard InChI is InChI=1S/C28H23F4N5O3/c29-18-1-5-21(6-2-18)40-22-7-3-20(4-8-22)35-28(39)26-12-17(11-23-24(31)13-19(30)14-25(23)32)15-36(26)27(38)16-37-33-9-10-34-37/h1-10,13-14,17,26H,11-12,15-16H2,(H,35,39)/t17-,26+/m1/s1. The molecule has 2 heterocycles. The number of nitrogens with one attached hydrogen (secondary N) is 1. The summed E-state index contributed by atoms with van der Waals surface area (Å²) in [5.74, 6) is -3.97. The second kappa shape index (κ2) is 11.6. The number of halogens is 4. The Balaban J connectivity index is 1.29. The zero-order valence-electron chi connectivity index (χ0n) is 20.9. The Morgan fingerprint density at radius 2 is 1.48 bits per heavy atom. The molecule has 206 valence electrons. The molecule has 3 aromatic carbocycles. The Kier molecular flexibility index (Phi) is 7.76. The molecule has 1 aromatic heterocycles. The van der Waals surface area contributed by atoms with Crippen LogP contribution in [-0.4, -0.2) is 44.3 Å². The van der Waals surface area contributed by atoms with E-state index in [1.54, 1.807) is 24.3 Å². The molecule has 1 fully saturated rings. The van der Waals surface area contributed by atoms with Crippen molar-refractivity contribution in [3.05, 3.63) is 102 Å². The largest absolute Gasteiger partial charge is 0.457 e. The van der Waals surface area contributed by atoms with E-state index in [1.807, 2.05) is 0 Å². The lowest BCUT2D eigenvalue weighted by molar-refractivity contribution is -0.137.